The molecule has 4 rings (SSSR count). The molecule has 0 fully saturated rings. The van der Waals surface area contributed by atoms with Gasteiger partial charge in [0.1, 0.15) is 6.26 Å². The lowest BCUT2D eigenvalue weighted by atomic mass is 10.1. The zero-order valence-electron chi connectivity index (χ0n) is 17.7. The van der Waals surface area contributed by atoms with Crippen LogP contribution >= 0.6 is 11.8 Å². The van der Waals surface area contributed by atoms with Crippen LogP contribution in [0.25, 0.3) is 17.1 Å². The summed E-state index contributed by atoms with van der Waals surface area (Å²) in [6.45, 7) is 2.52. The lowest BCUT2D eigenvalue weighted by molar-refractivity contribution is -0.384. The first-order chi connectivity index (χ1) is 16.1. The van der Waals surface area contributed by atoms with E-state index in [1.165, 1.54) is 24.1 Å². The van der Waals surface area contributed by atoms with Gasteiger partial charge in [0.25, 0.3) is 11.6 Å². The number of carbonyl (C=O) groups excluding carboxylic acids is 1. The molecule has 0 unspecified atom stereocenters. The molecular formula is C22H20N6O4S. The molecule has 0 saturated carbocycles. The summed E-state index contributed by atoms with van der Waals surface area (Å²) in [5.74, 6) is 0.714. The Balaban J connectivity index is 1.65. The molecule has 0 aliphatic carbocycles. The van der Waals surface area contributed by atoms with Crippen LogP contribution in [0, 0.1) is 10.1 Å². The minimum atomic E-state index is -0.440. The van der Waals surface area contributed by atoms with Gasteiger partial charge in [-0.05, 0) is 24.6 Å². The molecule has 2 aromatic heterocycles. The second kappa shape index (κ2) is 10.1. The van der Waals surface area contributed by atoms with E-state index in [9.17, 15) is 14.9 Å². The van der Waals surface area contributed by atoms with Crippen molar-refractivity contribution >= 4 is 23.4 Å². The number of benzene rings is 2. The van der Waals surface area contributed by atoms with Crippen molar-refractivity contribution in [2.45, 2.75) is 24.3 Å². The SMILES string of the molecule is CCCNC(=O)c1coc(CSc2nnc(-c3ccccc3[N+](=O)[O-])n2-c2ccccc2)n1. The van der Waals surface area contributed by atoms with Gasteiger partial charge in [-0.2, -0.15) is 0 Å². The molecule has 0 saturated heterocycles. The first-order valence-corrected chi connectivity index (χ1v) is 11.2. The van der Waals surface area contributed by atoms with Crippen LogP contribution in [0.4, 0.5) is 5.69 Å². The van der Waals surface area contributed by atoms with Crippen molar-refractivity contribution in [3.63, 3.8) is 0 Å². The van der Waals surface area contributed by atoms with E-state index < -0.39 is 4.92 Å². The Bertz CT molecular complexity index is 1270. The van der Waals surface area contributed by atoms with Crippen molar-refractivity contribution in [2.24, 2.45) is 0 Å². The van der Waals surface area contributed by atoms with Crippen LogP contribution in [0.1, 0.15) is 29.7 Å². The molecule has 1 N–H and O–H groups in total. The number of nitrogens with zero attached hydrogens (tertiary/aromatic N) is 5. The van der Waals surface area contributed by atoms with Crippen LogP contribution in [0.2, 0.25) is 0 Å². The van der Waals surface area contributed by atoms with E-state index in [0.717, 1.165) is 12.1 Å². The van der Waals surface area contributed by atoms with Crippen molar-refractivity contribution < 1.29 is 14.1 Å². The number of rotatable bonds is 9. The van der Waals surface area contributed by atoms with E-state index in [1.807, 2.05) is 37.3 Å². The Kier molecular flexibility index (Phi) is 6.79. The van der Waals surface area contributed by atoms with E-state index in [4.69, 9.17) is 4.42 Å². The van der Waals surface area contributed by atoms with Crippen LogP contribution in [0.5, 0.6) is 0 Å². The number of thioether (sulfide) groups is 1. The highest BCUT2D eigenvalue weighted by Crippen LogP contribution is 2.33. The van der Waals surface area contributed by atoms with Crippen LogP contribution in [-0.4, -0.2) is 37.1 Å². The van der Waals surface area contributed by atoms with Crippen LogP contribution in [0.3, 0.4) is 0 Å². The van der Waals surface area contributed by atoms with E-state index in [0.29, 0.717) is 34.7 Å². The number of amides is 1. The largest absolute Gasteiger partial charge is 0.447 e. The first kappa shape index (κ1) is 22.2. The Labute approximate surface area is 193 Å². The fourth-order valence-corrected chi connectivity index (χ4v) is 3.91. The van der Waals surface area contributed by atoms with E-state index in [1.54, 1.807) is 22.8 Å². The minimum absolute atomic E-state index is 0.0611. The standard InChI is InChI=1S/C22H20N6O4S/c1-2-12-23-21(29)17-13-32-19(24-17)14-33-22-26-25-20(27(22)15-8-4-3-5-9-15)16-10-6-7-11-18(16)28(30)31/h3-11,13H,2,12,14H2,1H3,(H,23,29). The number of hydrogen-bond acceptors (Lipinski definition) is 8. The molecule has 33 heavy (non-hydrogen) atoms. The molecule has 0 aliphatic heterocycles. The molecule has 2 aromatic carbocycles. The lowest BCUT2D eigenvalue weighted by Gasteiger charge is -2.10. The number of carbonyl (C=O) groups is 1. The third-order valence-corrected chi connectivity index (χ3v) is 5.55. The summed E-state index contributed by atoms with van der Waals surface area (Å²) in [6.07, 6.45) is 2.14. The first-order valence-electron chi connectivity index (χ1n) is 10.2. The van der Waals surface area contributed by atoms with Crippen molar-refractivity contribution in [3.05, 3.63) is 82.6 Å². The zero-order valence-corrected chi connectivity index (χ0v) is 18.5. The monoisotopic (exact) mass is 464 g/mol. The third kappa shape index (κ3) is 4.93. The highest BCUT2D eigenvalue weighted by atomic mass is 32.2. The number of para-hydroxylation sites is 2. The Morgan fingerprint density at radius 3 is 2.67 bits per heavy atom. The quantitative estimate of drug-likeness (QED) is 0.221. The summed E-state index contributed by atoms with van der Waals surface area (Å²) >= 11 is 1.30. The van der Waals surface area contributed by atoms with E-state index >= 15 is 0 Å². The summed E-state index contributed by atoms with van der Waals surface area (Å²) in [4.78, 5) is 27.4. The second-order valence-corrected chi connectivity index (χ2v) is 7.86. The van der Waals surface area contributed by atoms with Crippen LogP contribution in [-0.2, 0) is 5.75 Å². The summed E-state index contributed by atoms with van der Waals surface area (Å²) in [6, 6.07) is 15.7. The number of nitrogens with one attached hydrogen (secondary N) is 1. The molecule has 0 bridgehead atoms. The van der Waals surface area contributed by atoms with E-state index in [-0.39, 0.29) is 17.3 Å². The number of oxazole rings is 1. The van der Waals surface area contributed by atoms with Gasteiger partial charge in [0.05, 0.1) is 16.2 Å². The van der Waals surface area contributed by atoms with Gasteiger partial charge in [0, 0.05) is 18.3 Å². The molecule has 0 spiro atoms. The molecule has 0 aliphatic rings. The van der Waals surface area contributed by atoms with Gasteiger partial charge in [-0.15, -0.1) is 10.2 Å². The molecule has 0 radical (unpaired) electrons. The number of hydrogen-bond donors (Lipinski definition) is 1. The summed E-state index contributed by atoms with van der Waals surface area (Å²) in [7, 11) is 0. The Morgan fingerprint density at radius 2 is 1.91 bits per heavy atom. The topological polar surface area (TPSA) is 129 Å². The van der Waals surface area contributed by atoms with Crippen molar-refractivity contribution in [1.29, 1.82) is 0 Å². The third-order valence-electron chi connectivity index (χ3n) is 4.63. The molecule has 11 heteroatoms. The molecule has 168 valence electrons. The average molecular weight is 465 g/mol. The van der Waals surface area contributed by atoms with Crippen LogP contribution < -0.4 is 5.32 Å². The lowest BCUT2D eigenvalue weighted by Crippen LogP contribution is -2.24. The Morgan fingerprint density at radius 1 is 1.15 bits per heavy atom. The molecule has 1 amide bonds. The predicted molar refractivity (Wildman–Crippen MR) is 122 cm³/mol. The van der Waals surface area contributed by atoms with Crippen molar-refractivity contribution in [2.75, 3.05) is 6.54 Å². The maximum atomic E-state index is 12.1. The molecular weight excluding hydrogens is 444 g/mol. The number of nitro groups is 1. The maximum absolute atomic E-state index is 12.1. The highest BCUT2D eigenvalue weighted by Gasteiger charge is 2.23. The minimum Gasteiger partial charge on any atom is -0.447 e. The fraction of sp³-hybridized carbons (Fsp3) is 0.182. The van der Waals surface area contributed by atoms with Gasteiger partial charge in [0.15, 0.2) is 16.7 Å². The Hall–Kier alpha value is -3.99. The normalized spacial score (nSPS) is 10.8. The number of aromatic nitrogens is 4. The fourth-order valence-electron chi connectivity index (χ4n) is 3.11. The summed E-state index contributed by atoms with van der Waals surface area (Å²) < 4.78 is 7.19. The van der Waals surface area contributed by atoms with Crippen LogP contribution in [0.15, 0.2) is 70.4 Å². The van der Waals surface area contributed by atoms with Gasteiger partial charge < -0.3 is 9.73 Å². The zero-order chi connectivity index (χ0) is 23.2. The van der Waals surface area contributed by atoms with Gasteiger partial charge >= 0.3 is 0 Å². The molecule has 10 nitrogen and oxygen atoms in total. The molecule has 4 aromatic rings. The van der Waals surface area contributed by atoms with Gasteiger partial charge in [0.2, 0.25) is 5.89 Å². The average Bonchev–Trinajstić information content (AvgIpc) is 3.49. The smallest absolute Gasteiger partial charge is 0.280 e. The second-order valence-electron chi connectivity index (χ2n) is 6.92. The number of nitro benzene ring substituents is 1. The van der Waals surface area contributed by atoms with Crippen molar-refractivity contribution in [1.82, 2.24) is 25.1 Å². The summed E-state index contributed by atoms with van der Waals surface area (Å²) in [5.41, 5.74) is 1.26. The van der Waals surface area contributed by atoms with Gasteiger partial charge in [-0.1, -0.05) is 49.0 Å². The highest BCUT2D eigenvalue weighted by molar-refractivity contribution is 7.98. The van der Waals surface area contributed by atoms with Gasteiger partial charge in [-0.3, -0.25) is 19.5 Å². The molecule has 0 atom stereocenters. The molecule has 2 heterocycles. The van der Waals surface area contributed by atoms with E-state index in [2.05, 4.69) is 20.5 Å². The van der Waals surface area contributed by atoms with Gasteiger partial charge in [-0.25, -0.2) is 4.98 Å². The predicted octanol–water partition coefficient (Wildman–Crippen LogP) is 4.26. The maximum Gasteiger partial charge on any atom is 0.280 e. The summed E-state index contributed by atoms with van der Waals surface area (Å²) in [5, 5.41) is 23.4. The van der Waals surface area contributed by atoms with Crippen molar-refractivity contribution in [3.8, 4) is 17.1 Å².